The number of hydrogen-bond donors (Lipinski definition) is 1. The Kier molecular flexibility index (Phi) is 5.46. The maximum Gasteiger partial charge on any atom is 0.145 e. The summed E-state index contributed by atoms with van der Waals surface area (Å²) in [6.45, 7) is 2.03. The minimum atomic E-state index is -0.603. The van der Waals surface area contributed by atoms with Gasteiger partial charge in [0.25, 0.3) is 0 Å². The highest BCUT2D eigenvalue weighted by Crippen LogP contribution is 2.23. The molecular weight excluding hydrogens is 295 g/mol. The zero-order valence-corrected chi connectivity index (χ0v) is 12.7. The Morgan fingerprint density at radius 3 is 2.75 bits per heavy atom. The first kappa shape index (κ1) is 15.4. The van der Waals surface area contributed by atoms with E-state index in [0.717, 1.165) is 4.90 Å². The molecule has 0 aliphatic carbocycles. The standard InChI is InChI=1S/C16H16ClFOS/c1-11-4-2-6-14(8-11)20-10-13(19)9-12-5-3-7-15(17)16(12)18/h2-8,13,19H,9-10H2,1H3. The monoisotopic (exact) mass is 310 g/mol. The van der Waals surface area contributed by atoms with Gasteiger partial charge in [-0.15, -0.1) is 11.8 Å². The summed E-state index contributed by atoms with van der Waals surface area (Å²) in [6.07, 6.45) is -0.334. The largest absolute Gasteiger partial charge is 0.392 e. The Hall–Kier alpha value is -1.03. The van der Waals surface area contributed by atoms with Crippen molar-refractivity contribution in [3.05, 3.63) is 64.4 Å². The van der Waals surface area contributed by atoms with Crippen LogP contribution in [0.5, 0.6) is 0 Å². The molecule has 0 bridgehead atoms. The van der Waals surface area contributed by atoms with Gasteiger partial charge in [0.1, 0.15) is 5.82 Å². The molecule has 1 N–H and O–H groups in total. The van der Waals surface area contributed by atoms with Crippen LogP contribution in [-0.2, 0) is 6.42 Å². The van der Waals surface area contributed by atoms with E-state index in [0.29, 0.717) is 11.3 Å². The highest BCUT2D eigenvalue weighted by molar-refractivity contribution is 7.99. The second-order valence-corrected chi connectivity index (χ2v) is 6.20. The normalized spacial score (nSPS) is 12.4. The van der Waals surface area contributed by atoms with Crippen molar-refractivity contribution >= 4 is 23.4 Å². The van der Waals surface area contributed by atoms with E-state index in [4.69, 9.17) is 11.6 Å². The Morgan fingerprint density at radius 2 is 2.00 bits per heavy atom. The zero-order chi connectivity index (χ0) is 14.5. The molecule has 0 spiro atoms. The van der Waals surface area contributed by atoms with Gasteiger partial charge in [0.2, 0.25) is 0 Å². The number of aryl methyl sites for hydroxylation is 1. The first-order valence-electron chi connectivity index (χ1n) is 6.36. The molecule has 0 radical (unpaired) electrons. The zero-order valence-electron chi connectivity index (χ0n) is 11.1. The van der Waals surface area contributed by atoms with Gasteiger partial charge in [0.15, 0.2) is 0 Å². The molecule has 2 aromatic carbocycles. The van der Waals surface area contributed by atoms with Gasteiger partial charge < -0.3 is 5.11 Å². The van der Waals surface area contributed by atoms with Crippen molar-refractivity contribution in [1.82, 2.24) is 0 Å². The van der Waals surface area contributed by atoms with Crippen LogP contribution in [0.2, 0.25) is 5.02 Å². The summed E-state index contributed by atoms with van der Waals surface area (Å²) in [5.41, 5.74) is 1.64. The van der Waals surface area contributed by atoms with Gasteiger partial charge in [-0.1, -0.05) is 41.4 Å². The van der Waals surface area contributed by atoms with E-state index in [1.165, 1.54) is 11.6 Å². The summed E-state index contributed by atoms with van der Waals surface area (Å²) in [7, 11) is 0. The third kappa shape index (κ3) is 4.23. The third-order valence-corrected chi connectivity index (χ3v) is 4.35. The number of rotatable bonds is 5. The van der Waals surface area contributed by atoms with E-state index in [9.17, 15) is 9.50 Å². The van der Waals surface area contributed by atoms with Crippen LogP contribution in [0.15, 0.2) is 47.4 Å². The number of aliphatic hydroxyl groups excluding tert-OH is 1. The molecule has 20 heavy (non-hydrogen) atoms. The van der Waals surface area contributed by atoms with Gasteiger partial charge in [-0.3, -0.25) is 0 Å². The Morgan fingerprint density at radius 1 is 1.25 bits per heavy atom. The fraction of sp³-hybridized carbons (Fsp3) is 0.250. The number of benzene rings is 2. The lowest BCUT2D eigenvalue weighted by Gasteiger charge is -2.11. The maximum atomic E-state index is 13.7. The summed E-state index contributed by atoms with van der Waals surface area (Å²) < 4.78 is 13.7. The molecule has 2 aromatic rings. The predicted octanol–water partition coefficient (Wildman–Crippen LogP) is 4.48. The smallest absolute Gasteiger partial charge is 0.145 e. The lowest BCUT2D eigenvalue weighted by atomic mass is 10.1. The molecule has 0 amide bonds. The summed E-state index contributed by atoms with van der Waals surface area (Å²) in [6, 6.07) is 12.9. The summed E-state index contributed by atoms with van der Waals surface area (Å²) in [4.78, 5) is 1.11. The summed E-state index contributed by atoms with van der Waals surface area (Å²) in [5.74, 6) is 0.0869. The summed E-state index contributed by atoms with van der Waals surface area (Å²) >= 11 is 7.29. The van der Waals surface area contributed by atoms with Crippen LogP contribution in [0.4, 0.5) is 4.39 Å². The van der Waals surface area contributed by atoms with Gasteiger partial charge >= 0.3 is 0 Å². The molecule has 0 aliphatic heterocycles. The Bertz CT molecular complexity index is 588. The van der Waals surface area contributed by atoms with E-state index in [1.807, 2.05) is 25.1 Å². The number of hydrogen-bond acceptors (Lipinski definition) is 2. The first-order valence-corrected chi connectivity index (χ1v) is 7.73. The molecular formula is C16H16ClFOS. The topological polar surface area (TPSA) is 20.2 Å². The van der Waals surface area contributed by atoms with E-state index in [-0.39, 0.29) is 11.4 Å². The van der Waals surface area contributed by atoms with Gasteiger partial charge in [0.05, 0.1) is 11.1 Å². The second-order valence-electron chi connectivity index (χ2n) is 4.70. The van der Waals surface area contributed by atoms with Crippen molar-refractivity contribution in [1.29, 1.82) is 0 Å². The molecule has 0 saturated heterocycles. The fourth-order valence-corrected chi connectivity index (χ4v) is 3.06. The van der Waals surface area contributed by atoms with Gasteiger partial charge in [-0.2, -0.15) is 0 Å². The van der Waals surface area contributed by atoms with Crippen LogP contribution < -0.4 is 0 Å². The van der Waals surface area contributed by atoms with Crippen molar-refractivity contribution in [3.63, 3.8) is 0 Å². The number of aliphatic hydroxyl groups is 1. The molecule has 0 saturated carbocycles. The molecule has 1 atom stereocenters. The predicted molar refractivity (Wildman–Crippen MR) is 83.0 cm³/mol. The molecule has 0 heterocycles. The van der Waals surface area contributed by atoms with E-state index < -0.39 is 11.9 Å². The van der Waals surface area contributed by atoms with E-state index in [1.54, 1.807) is 23.9 Å². The van der Waals surface area contributed by atoms with Crippen LogP contribution in [0.3, 0.4) is 0 Å². The Balaban J connectivity index is 1.92. The van der Waals surface area contributed by atoms with Crippen molar-refractivity contribution in [2.45, 2.75) is 24.3 Å². The molecule has 2 rings (SSSR count). The quantitative estimate of drug-likeness (QED) is 0.822. The summed E-state index contributed by atoms with van der Waals surface area (Å²) in [5, 5.41) is 10.1. The fourth-order valence-electron chi connectivity index (χ4n) is 1.92. The number of halogens is 2. The third-order valence-electron chi connectivity index (χ3n) is 2.92. The van der Waals surface area contributed by atoms with Crippen molar-refractivity contribution < 1.29 is 9.50 Å². The molecule has 4 heteroatoms. The lowest BCUT2D eigenvalue weighted by molar-refractivity contribution is 0.199. The SMILES string of the molecule is Cc1cccc(SCC(O)Cc2cccc(Cl)c2F)c1. The van der Waals surface area contributed by atoms with Crippen LogP contribution in [0.25, 0.3) is 0 Å². The van der Waals surface area contributed by atoms with Crippen molar-refractivity contribution in [2.75, 3.05) is 5.75 Å². The van der Waals surface area contributed by atoms with Crippen molar-refractivity contribution in [3.8, 4) is 0 Å². The van der Waals surface area contributed by atoms with Gasteiger partial charge in [-0.25, -0.2) is 4.39 Å². The van der Waals surface area contributed by atoms with Gasteiger partial charge in [0, 0.05) is 17.1 Å². The molecule has 0 aromatic heterocycles. The minimum Gasteiger partial charge on any atom is -0.392 e. The molecule has 1 nitrogen and oxygen atoms in total. The molecule has 0 fully saturated rings. The average molecular weight is 311 g/mol. The lowest BCUT2D eigenvalue weighted by Crippen LogP contribution is -2.14. The average Bonchev–Trinajstić information content (AvgIpc) is 2.42. The highest BCUT2D eigenvalue weighted by atomic mass is 35.5. The van der Waals surface area contributed by atoms with Crippen molar-refractivity contribution in [2.24, 2.45) is 0 Å². The molecule has 1 unspecified atom stereocenters. The number of thioether (sulfide) groups is 1. The van der Waals surface area contributed by atoms with E-state index >= 15 is 0 Å². The van der Waals surface area contributed by atoms with Crippen LogP contribution >= 0.6 is 23.4 Å². The second kappa shape index (κ2) is 7.11. The Labute approximate surface area is 127 Å². The van der Waals surface area contributed by atoms with E-state index in [2.05, 4.69) is 6.07 Å². The molecule has 0 aliphatic rings. The minimum absolute atomic E-state index is 0.0982. The van der Waals surface area contributed by atoms with Crippen LogP contribution in [0, 0.1) is 12.7 Å². The van der Waals surface area contributed by atoms with Crippen LogP contribution in [0.1, 0.15) is 11.1 Å². The molecule has 106 valence electrons. The van der Waals surface area contributed by atoms with Crippen LogP contribution in [-0.4, -0.2) is 17.0 Å². The first-order chi connectivity index (χ1) is 9.56. The van der Waals surface area contributed by atoms with Gasteiger partial charge in [-0.05, 0) is 30.7 Å². The highest BCUT2D eigenvalue weighted by Gasteiger charge is 2.12. The maximum absolute atomic E-state index is 13.7.